The van der Waals surface area contributed by atoms with Gasteiger partial charge in [0.15, 0.2) is 11.5 Å². The summed E-state index contributed by atoms with van der Waals surface area (Å²) in [6.45, 7) is 7.41. The highest BCUT2D eigenvalue weighted by Crippen LogP contribution is 2.34. The average Bonchev–Trinajstić information content (AvgIpc) is 3.21. The van der Waals surface area contributed by atoms with E-state index in [1.165, 1.54) is 5.56 Å². The molecule has 1 N–H and O–H groups in total. The van der Waals surface area contributed by atoms with Crippen LogP contribution < -0.4 is 14.8 Å². The lowest BCUT2D eigenvalue weighted by Crippen LogP contribution is -2.42. The SMILES string of the molecule is CC(=O)NC(c1ccccn1)C1CCN(CC(C)Cc2ccc3c(c2)OCO3)CC1. The highest BCUT2D eigenvalue weighted by molar-refractivity contribution is 5.73. The highest BCUT2D eigenvalue weighted by Gasteiger charge is 2.29. The number of piperidine rings is 1. The molecule has 2 aliphatic heterocycles. The van der Waals surface area contributed by atoms with Crippen molar-refractivity contribution in [1.82, 2.24) is 15.2 Å². The number of carbonyl (C=O) groups is 1. The zero-order chi connectivity index (χ0) is 20.9. The van der Waals surface area contributed by atoms with Crippen LogP contribution in [0.15, 0.2) is 42.6 Å². The van der Waals surface area contributed by atoms with E-state index in [9.17, 15) is 4.79 Å². The topological polar surface area (TPSA) is 63.7 Å². The first kappa shape index (κ1) is 20.7. The van der Waals surface area contributed by atoms with Gasteiger partial charge < -0.3 is 19.7 Å². The monoisotopic (exact) mass is 409 g/mol. The number of pyridine rings is 1. The molecule has 1 amide bonds. The Hall–Kier alpha value is -2.60. The van der Waals surface area contributed by atoms with Crippen molar-refractivity contribution in [2.75, 3.05) is 26.4 Å². The molecular formula is C24H31N3O3. The number of benzene rings is 1. The minimum absolute atomic E-state index is 0.00286. The van der Waals surface area contributed by atoms with Gasteiger partial charge in [0.05, 0.1) is 11.7 Å². The van der Waals surface area contributed by atoms with Crippen molar-refractivity contribution in [2.45, 2.75) is 39.2 Å². The summed E-state index contributed by atoms with van der Waals surface area (Å²) in [7, 11) is 0. The van der Waals surface area contributed by atoms with Crippen molar-refractivity contribution < 1.29 is 14.3 Å². The molecule has 160 valence electrons. The van der Waals surface area contributed by atoms with Crippen LogP contribution in [0.25, 0.3) is 0 Å². The van der Waals surface area contributed by atoms with Gasteiger partial charge in [-0.25, -0.2) is 0 Å². The summed E-state index contributed by atoms with van der Waals surface area (Å²) in [4.78, 5) is 18.8. The van der Waals surface area contributed by atoms with Crippen LogP contribution in [-0.2, 0) is 11.2 Å². The Morgan fingerprint density at radius 2 is 2.00 bits per heavy atom. The number of likely N-dealkylation sites (tertiary alicyclic amines) is 1. The molecule has 6 heteroatoms. The lowest BCUT2D eigenvalue weighted by Gasteiger charge is -2.37. The Morgan fingerprint density at radius 1 is 1.20 bits per heavy atom. The fourth-order valence-corrected chi connectivity index (χ4v) is 4.66. The van der Waals surface area contributed by atoms with Gasteiger partial charge in [0.1, 0.15) is 0 Å². The smallest absolute Gasteiger partial charge is 0.231 e. The first-order valence-corrected chi connectivity index (χ1v) is 10.9. The van der Waals surface area contributed by atoms with Crippen molar-refractivity contribution in [2.24, 2.45) is 11.8 Å². The molecule has 2 unspecified atom stereocenters. The Kier molecular flexibility index (Phi) is 6.53. The van der Waals surface area contributed by atoms with Gasteiger partial charge in [-0.15, -0.1) is 0 Å². The Labute approximate surface area is 178 Å². The largest absolute Gasteiger partial charge is 0.454 e. The molecule has 6 nitrogen and oxygen atoms in total. The predicted octanol–water partition coefficient (Wildman–Crippen LogP) is 3.58. The Bertz CT molecular complexity index is 850. The summed E-state index contributed by atoms with van der Waals surface area (Å²) < 4.78 is 10.9. The van der Waals surface area contributed by atoms with E-state index in [-0.39, 0.29) is 11.9 Å². The molecule has 2 atom stereocenters. The van der Waals surface area contributed by atoms with Gasteiger partial charge in [-0.1, -0.05) is 19.1 Å². The van der Waals surface area contributed by atoms with Gasteiger partial charge in [-0.05, 0) is 74.0 Å². The van der Waals surface area contributed by atoms with Crippen LogP contribution in [0, 0.1) is 11.8 Å². The summed E-state index contributed by atoms with van der Waals surface area (Å²) in [6, 6.07) is 12.2. The fraction of sp³-hybridized carbons (Fsp3) is 0.500. The van der Waals surface area contributed by atoms with E-state index in [1.54, 1.807) is 13.1 Å². The minimum Gasteiger partial charge on any atom is -0.454 e. The summed E-state index contributed by atoms with van der Waals surface area (Å²) in [5, 5.41) is 3.13. The molecule has 1 fully saturated rings. The molecule has 1 saturated heterocycles. The molecule has 1 aromatic heterocycles. The van der Waals surface area contributed by atoms with E-state index in [2.05, 4.69) is 34.3 Å². The quantitative estimate of drug-likeness (QED) is 0.757. The van der Waals surface area contributed by atoms with Crippen molar-refractivity contribution >= 4 is 5.91 Å². The zero-order valence-corrected chi connectivity index (χ0v) is 17.8. The number of nitrogens with zero attached hydrogens (tertiary/aromatic N) is 2. The Morgan fingerprint density at radius 3 is 2.73 bits per heavy atom. The van der Waals surface area contributed by atoms with Gasteiger partial charge >= 0.3 is 0 Å². The highest BCUT2D eigenvalue weighted by atomic mass is 16.7. The molecule has 2 aliphatic rings. The third-order valence-corrected chi connectivity index (χ3v) is 6.06. The van der Waals surface area contributed by atoms with Crippen molar-refractivity contribution in [3.63, 3.8) is 0 Å². The second kappa shape index (κ2) is 9.47. The van der Waals surface area contributed by atoms with E-state index >= 15 is 0 Å². The predicted molar refractivity (Wildman–Crippen MR) is 115 cm³/mol. The number of ether oxygens (including phenoxy) is 2. The van der Waals surface area contributed by atoms with E-state index in [1.807, 2.05) is 24.3 Å². The minimum atomic E-state index is -0.00286. The number of hydrogen-bond donors (Lipinski definition) is 1. The molecule has 0 saturated carbocycles. The molecule has 1 aromatic carbocycles. The molecule has 2 aromatic rings. The van der Waals surface area contributed by atoms with Crippen LogP contribution in [0.3, 0.4) is 0 Å². The molecule has 0 radical (unpaired) electrons. The lowest BCUT2D eigenvalue weighted by molar-refractivity contribution is -0.120. The second-order valence-electron chi connectivity index (χ2n) is 8.57. The normalized spacial score (nSPS) is 18.7. The maximum Gasteiger partial charge on any atom is 0.231 e. The van der Waals surface area contributed by atoms with Gasteiger partial charge in [0.25, 0.3) is 0 Å². The van der Waals surface area contributed by atoms with E-state index in [0.29, 0.717) is 18.6 Å². The standard InChI is InChI=1S/C24H31N3O3/c1-17(13-19-6-7-22-23(14-19)30-16-29-22)15-27-11-8-20(9-12-27)24(26-18(2)28)21-5-3-4-10-25-21/h3-7,10,14,17,20,24H,8-9,11-13,15-16H2,1-2H3,(H,26,28). The summed E-state index contributed by atoms with van der Waals surface area (Å²) in [5.41, 5.74) is 2.25. The summed E-state index contributed by atoms with van der Waals surface area (Å²) in [6.07, 6.45) is 4.96. The summed E-state index contributed by atoms with van der Waals surface area (Å²) >= 11 is 0. The fourth-order valence-electron chi connectivity index (χ4n) is 4.66. The van der Waals surface area contributed by atoms with Crippen molar-refractivity contribution in [1.29, 1.82) is 0 Å². The van der Waals surface area contributed by atoms with Crippen LogP contribution in [0.2, 0.25) is 0 Å². The van der Waals surface area contributed by atoms with Gasteiger partial charge in [-0.2, -0.15) is 0 Å². The molecular weight excluding hydrogens is 378 g/mol. The van der Waals surface area contributed by atoms with Crippen LogP contribution in [0.1, 0.15) is 44.0 Å². The van der Waals surface area contributed by atoms with Crippen LogP contribution >= 0.6 is 0 Å². The van der Waals surface area contributed by atoms with Crippen molar-refractivity contribution in [3.05, 3.63) is 53.9 Å². The van der Waals surface area contributed by atoms with Crippen LogP contribution in [-0.4, -0.2) is 42.2 Å². The third kappa shape index (κ3) is 5.11. The summed E-state index contributed by atoms with van der Waals surface area (Å²) in [5.74, 6) is 2.69. The molecule has 0 bridgehead atoms. The Balaban J connectivity index is 1.29. The number of aromatic nitrogens is 1. The first-order valence-electron chi connectivity index (χ1n) is 10.9. The number of nitrogens with one attached hydrogen (secondary N) is 1. The molecule has 0 aliphatic carbocycles. The van der Waals surface area contributed by atoms with Gasteiger partial charge in [-0.3, -0.25) is 9.78 Å². The lowest BCUT2D eigenvalue weighted by atomic mass is 9.86. The number of amides is 1. The molecule has 3 heterocycles. The van der Waals surface area contributed by atoms with Crippen LogP contribution in [0.5, 0.6) is 11.5 Å². The third-order valence-electron chi connectivity index (χ3n) is 6.06. The van der Waals surface area contributed by atoms with Gasteiger partial charge in [0, 0.05) is 19.7 Å². The molecule has 4 rings (SSSR count). The zero-order valence-electron chi connectivity index (χ0n) is 17.8. The number of hydrogen-bond acceptors (Lipinski definition) is 5. The maximum absolute atomic E-state index is 11.8. The van der Waals surface area contributed by atoms with E-state index < -0.39 is 0 Å². The van der Waals surface area contributed by atoms with Gasteiger partial charge in [0.2, 0.25) is 12.7 Å². The maximum atomic E-state index is 11.8. The second-order valence-corrected chi connectivity index (χ2v) is 8.57. The van der Waals surface area contributed by atoms with E-state index in [0.717, 1.165) is 56.1 Å². The molecule has 0 spiro atoms. The first-order chi connectivity index (χ1) is 14.6. The molecule has 30 heavy (non-hydrogen) atoms. The average molecular weight is 410 g/mol. The number of fused-ring (bicyclic) bond motifs is 1. The van der Waals surface area contributed by atoms with Crippen molar-refractivity contribution in [3.8, 4) is 11.5 Å². The van der Waals surface area contributed by atoms with E-state index in [4.69, 9.17) is 9.47 Å². The van der Waals surface area contributed by atoms with Crippen LogP contribution in [0.4, 0.5) is 0 Å². The number of rotatable bonds is 7. The number of carbonyl (C=O) groups excluding carboxylic acids is 1.